The van der Waals surface area contributed by atoms with Crippen LogP contribution in [0, 0.1) is 26.7 Å². The molecule has 1 aliphatic carbocycles. The number of nitrogens with two attached hydrogens (primary N) is 1. The minimum Gasteiger partial charge on any atom is -0.464 e. The van der Waals surface area contributed by atoms with Gasteiger partial charge in [0.1, 0.15) is 5.58 Å². The fraction of sp³-hybridized carbons (Fsp3) is 0.400. The second-order valence-electron chi connectivity index (χ2n) is 6.90. The van der Waals surface area contributed by atoms with E-state index in [1.165, 1.54) is 5.56 Å². The number of allylic oxidation sites excluding steroid dienone is 1. The van der Waals surface area contributed by atoms with E-state index in [1.54, 1.807) is 6.26 Å². The number of primary amides is 1. The summed E-state index contributed by atoms with van der Waals surface area (Å²) < 4.78 is 5.73. The number of carbonyl (C=O) groups is 2. The van der Waals surface area contributed by atoms with Crippen LogP contribution in [0.3, 0.4) is 0 Å². The van der Waals surface area contributed by atoms with Crippen LogP contribution in [-0.4, -0.2) is 17.9 Å². The van der Waals surface area contributed by atoms with Gasteiger partial charge in [-0.05, 0) is 50.3 Å². The molecule has 0 radical (unpaired) electrons. The highest BCUT2D eigenvalue weighted by atomic mass is 16.3. The zero-order chi connectivity index (χ0) is 18.1. The SMILES string of the molecule is Cc1cc(C)c2c(CC(=O)N[C@@H]3CC=CC[C@H]3C(N)=O)coc2c1C. The van der Waals surface area contributed by atoms with Gasteiger partial charge in [-0.1, -0.05) is 18.2 Å². The molecule has 1 aliphatic rings. The molecule has 25 heavy (non-hydrogen) atoms. The second-order valence-corrected chi connectivity index (χ2v) is 6.90. The Bertz CT molecular complexity index is 863. The average molecular weight is 340 g/mol. The molecule has 0 aliphatic heterocycles. The molecule has 0 saturated heterocycles. The van der Waals surface area contributed by atoms with Gasteiger partial charge in [0.25, 0.3) is 0 Å². The molecule has 1 aromatic carbocycles. The van der Waals surface area contributed by atoms with Crippen LogP contribution in [0.2, 0.25) is 0 Å². The maximum atomic E-state index is 12.5. The zero-order valence-corrected chi connectivity index (χ0v) is 14.9. The summed E-state index contributed by atoms with van der Waals surface area (Å²) in [5.74, 6) is -0.834. The van der Waals surface area contributed by atoms with Crippen LogP contribution in [0.5, 0.6) is 0 Å². The molecule has 0 fully saturated rings. The number of hydrogen-bond donors (Lipinski definition) is 2. The Morgan fingerprint density at radius 3 is 2.64 bits per heavy atom. The summed E-state index contributed by atoms with van der Waals surface area (Å²) >= 11 is 0. The molecule has 2 atom stereocenters. The number of aryl methyl sites for hydroxylation is 3. The van der Waals surface area contributed by atoms with Gasteiger partial charge in [0.05, 0.1) is 18.6 Å². The topological polar surface area (TPSA) is 85.3 Å². The van der Waals surface area contributed by atoms with E-state index in [0.717, 1.165) is 27.7 Å². The summed E-state index contributed by atoms with van der Waals surface area (Å²) in [6, 6.07) is 1.88. The number of nitrogens with one attached hydrogen (secondary N) is 1. The van der Waals surface area contributed by atoms with Crippen LogP contribution < -0.4 is 11.1 Å². The Labute approximate surface area is 147 Å². The molecule has 3 rings (SSSR count). The number of rotatable bonds is 4. The van der Waals surface area contributed by atoms with Gasteiger partial charge < -0.3 is 15.5 Å². The van der Waals surface area contributed by atoms with Crippen LogP contribution >= 0.6 is 0 Å². The van der Waals surface area contributed by atoms with Crippen LogP contribution in [-0.2, 0) is 16.0 Å². The molecule has 5 heteroatoms. The first kappa shape index (κ1) is 17.3. The molecule has 0 bridgehead atoms. The normalized spacial score (nSPS) is 20.0. The summed E-state index contributed by atoms with van der Waals surface area (Å²) in [7, 11) is 0. The van der Waals surface area contributed by atoms with Crippen molar-refractivity contribution in [2.75, 3.05) is 0 Å². The first-order valence-corrected chi connectivity index (χ1v) is 8.59. The van der Waals surface area contributed by atoms with E-state index in [1.807, 2.05) is 26.0 Å². The highest BCUT2D eigenvalue weighted by Crippen LogP contribution is 2.30. The highest BCUT2D eigenvalue weighted by molar-refractivity contribution is 5.92. The minimum absolute atomic E-state index is 0.119. The molecule has 0 unspecified atom stereocenters. The molecule has 0 saturated carbocycles. The third kappa shape index (κ3) is 3.31. The van der Waals surface area contributed by atoms with Crippen LogP contribution in [0.15, 0.2) is 28.9 Å². The van der Waals surface area contributed by atoms with E-state index in [4.69, 9.17) is 10.2 Å². The molecule has 3 N–H and O–H groups in total. The van der Waals surface area contributed by atoms with Crippen LogP contribution in [0.25, 0.3) is 11.0 Å². The minimum atomic E-state index is -0.370. The first-order valence-electron chi connectivity index (χ1n) is 8.59. The number of carbonyl (C=O) groups excluding carboxylic acids is 2. The standard InChI is InChI=1S/C20H24N2O3/c1-11-8-12(2)18-14(10-25-19(18)13(11)3)9-17(23)22-16-7-5-4-6-15(16)20(21)24/h4-5,8,10,15-16H,6-7,9H2,1-3H3,(H2,21,24)(H,22,23)/t15-,16-/m1/s1. The number of furan rings is 1. The summed E-state index contributed by atoms with van der Waals surface area (Å²) in [5.41, 5.74) is 10.5. The van der Waals surface area contributed by atoms with E-state index in [2.05, 4.69) is 18.3 Å². The Morgan fingerprint density at radius 2 is 1.92 bits per heavy atom. The molecular weight excluding hydrogens is 316 g/mol. The Morgan fingerprint density at radius 1 is 1.20 bits per heavy atom. The Kier molecular flexibility index (Phi) is 4.66. The van der Waals surface area contributed by atoms with Crippen molar-refractivity contribution in [3.05, 3.63) is 46.7 Å². The maximum absolute atomic E-state index is 12.5. The predicted octanol–water partition coefficient (Wildman–Crippen LogP) is 2.84. The number of hydrogen-bond acceptors (Lipinski definition) is 3. The third-order valence-electron chi connectivity index (χ3n) is 5.12. The lowest BCUT2D eigenvalue weighted by molar-refractivity contribution is -0.124. The van der Waals surface area contributed by atoms with Gasteiger partial charge in [-0.3, -0.25) is 9.59 Å². The smallest absolute Gasteiger partial charge is 0.224 e. The molecule has 1 heterocycles. The lowest BCUT2D eigenvalue weighted by atomic mass is 9.88. The molecular formula is C20H24N2O3. The summed E-state index contributed by atoms with van der Waals surface area (Å²) in [6.07, 6.45) is 7.01. The van der Waals surface area contributed by atoms with Crippen molar-refractivity contribution in [2.45, 2.75) is 46.1 Å². The fourth-order valence-corrected chi connectivity index (χ4v) is 3.64. The third-order valence-corrected chi connectivity index (χ3v) is 5.12. The van der Waals surface area contributed by atoms with Crippen molar-refractivity contribution in [3.8, 4) is 0 Å². The highest BCUT2D eigenvalue weighted by Gasteiger charge is 2.28. The van der Waals surface area contributed by atoms with Crippen molar-refractivity contribution in [3.63, 3.8) is 0 Å². The van der Waals surface area contributed by atoms with Crippen molar-refractivity contribution < 1.29 is 14.0 Å². The maximum Gasteiger partial charge on any atom is 0.224 e. The van der Waals surface area contributed by atoms with Crippen molar-refractivity contribution >= 4 is 22.8 Å². The average Bonchev–Trinajstić information content (AvgIpc) is 2.97. The molecule has 0 spiro atoms. The van der Waals surface area contributed by atoms with E-state index in [0.29, 0.717) is 12.8 Å². The van der Waals surface area contributed by atoms with Crippen molar-refractivity contribution in [1.82, 2.24) is 5.32 Å². The molecule has 2 amide bonds. The van der Waals surface area contributed by atoms with E-state index in [-0.39, 0.29) is 30.2 Å². The van der Waals surface area contributed by atoms with E-state index in [9.17, 15) is 9.59 Å². The van der Waals surface area contributed by atoms with Crippen molar-refractivity contribution in [2.24, 2.45) is 11.7 Å². The molecule has 5 nitrogen and oxygen atoms in total. The van der Waals surface area contributed by atoms with Crippen LogP contribution in [0.4, 0.5) is 0 Å². The van der Waals surface area contributed by atoms with Gasteiger partial charge >= 0.3 is 0 Å². The van der Waals surface area contributed by atoms with Gasteiger partial charge in [-0.2, -0.15) is 0 Å². The molecule has 132 valence electrons. The number of fused-ring (bicyclic) bond motifs is 1. The monoisotopic (exact) mass is 340 g/mol. The number of amides is 2. The zero-order valence-electron chi connectivity index (χ0n) is 14.9. The van der Waals surface area contributed by atoms with Gasteiger partial charge in [0.15, 0.2) is 0 Å². The first-order chi connectivity index (χ1) is 11.9. The summed E-state index contributed by atoms with van der Waals surface area (Å²) in [5, 5.41) is 3.97. The van der Waals surface area contributed by atoms with Gasteiger partial charge in [0.2, 0.25) is 11.8 Å². The van der Waals surface area contributed by atoms with E-state index >= 15 is 0 Å². The van der Waals surface area contributed by atoms with Crippen molar-refractivity contribution in [1.29, 1.82) is 0 Å². The molecule has 2 aromatic rings. The lowest BCUT2D eigenvalue weighted by Gasteiger charge is -2.26. The molecule has 1 aromatic heterocycles. The fourth-order valence-electron chi connectivity index (χ4n) is 3.64. The summed E-state index contributed by atoms with van der Waals surface area (Å²) in [4.78, 5) is 24.1. The largest absolute Gasteiger partial charge is 0.464 e. The quantitative estimate of drug-likeness (QED) is 0.839. The van der Waals surface area contributed by atoms with Crippen LogP contribution in [0.1, 0.15) is 35.1 Å². The summed E-state index contributed by atoms with van der Waals surface area (Å²) in [6.45, 7) is 6.11. The number of benzene rings is 1. The van der Waals surface area contributed by atoms with Gasteiger partial charge in [0, 0.05) is 17.0 Å². The van der Waals surface area contributed by atoms with Gasteiger partial charge in [-0.25, -0.2) is 0 Å². The van der Waals surface area contributed by atoms with E-state index < -0.39 is 0 Å². The lowest BCUT2D eigenvalue weighted by Crippen LogP contribution is -2.46. The predicted molar refractivity (Wildman–Crippen MR) is 97.1 cm³/mol. The Balaban J connectivity index is 1.80. The second kappa shape index (κ2) is 6.75. The van der Waals surface area contributed by atoms with Gasteiger partial charge in [-0.15, -0.1) is 0 Å². The Hall–Kier alpha value is -2.56.